The number of nitrogens with one attached hydrogen (secondary N) is 1. The maximum atomic E-state index is 13.2. The van der Waals surface area contributed by atoms with Gasteiger partial charge in [-0.25, -0.2) is 14.8 Å². The Hall–Kier alpha value is -2.74. The van der Waals surface area contributed by atoms with E-state index in [-0.39, 0.29) is 23.2 Å². The van der Waals surface area contributed by atoms with Gasteiger partial charge in [0.25, 0.3) is 5.56 Å². The molecule has 1 saturated carbocycles. The molecule has 8 heteroatoms. The summed E-state index contributed by atoms with van der Waals surface area (Å²) in [6, 6.07) is 10.0. The van der Waals surface area contributed by atoms with Gasteiger partial charge in [-0.15, -0.1) is 0 Å². The van der Waals surface area contributed by atoms with E-state index < -0.39 is 0 Å². The van der Waals surface area contributed by atoms with E-state index in [2.05, 4.69) is 27.4 Å². The highest BCUT2D eigenvalue weighted by Crippen LogP contribution is 2.46. The van der Waals surface area contributed by atoms with E-state index in [0.29, 0.717) is 23.3 Å². The number of nitrogens with zero attached hydrogens (tertiary/aromatic N) is 4. The minimum atomic E-state index is -0.243. The third-order valence-electron chi connectivity index (χ3n) is 6.29. The van der Waals surface area contributed by atoms with Gasteiger partial charge in [-0.2, -0.15) is 0 Å². The molecule has 1 saturated heterocycles. The van der Waals surface area contributed by atoms with Gasteiger partial charge in [0.15, 0.2) is 10.3 Å². The van der Waals surface area contributed by atoms with Gasteiger partial charge in [0, 0.05) is 20.0 Å². The first kappa shape index (κ1) is 19.2. The molecule has 2 amide bonds. The Labute approximate surface area is 178 Å². The quantitative estimate of drug-likeness (QED) is 0.697. The summed E-state index contributed by atoms with van der Waals surface area (Å²) in [5.41, 5.74) is 1.21. The number of thiazole rings is 1. The number of urea groups is 1. The molecule has 2 fully saturated rings. The summed E-state index contributed by atoms with van der Waals surface area (Å²) in [5.74, 6) is 0.752. The highest BCUT2D eigenvalue weighted by Gasteiger charge is 2.47. The van der Waals surface area contributed by atoms with Crippen LogP contribution < -0.4 is 10.9 Å². The number of aryl methyl sites for hydroxylation is 1. The maximum absolute atomic E-state index is 13.2. The van der Waals surface area contributed by atoms with Crippen molar-refractivity contribution in [3.63, 3.8) is 0 Å². The molecule has 1 aliphatic heterocycles. The lowest BCUT2D eigenvalue weighted by Gasteiger charge is -2.27. The van der Waals surface area contributed by atoms with Crippen molar-refractivity contribution >= 4 is 27.7 Å². The number of fused-ring (bicyclic) bond motifs is 1. The van der Waals surface area contributed by atoms with Crippen LogP contribution in [-0.4, -0.2) is 32.0 Å². The number of hydrogen-bond donors (Lipinski definition) is 1. The molecule has 1 atom stereocenters. The van der Waals surface area contributed by atoms with Crippen LogP contribution in [0.1, 0.15) is 55.0 Å². The molecule has 2 aromatic heterocycles. The summed E-state index contributed by atoms with van der Waals surface area (Å²) in [7, 11) is 1.74. The van der Waals surface area contributed by atoms with Crippen molar-refractivity contribution in [2.24, 2.45) is 7.05 Å². The van der Waals surface area contributed by atoms with Gasteiger partial charge < -0.3 is 10.2 Å². The predicted molar refractivity (Wildman–Crippen MR) is 117 cm³/mol. The minimum Gasteiger partial charge on any atom is -0.328 e. The van der Waals surface area contributed by atoms with Crippen LogP contribution in [0, 0.1) is 0 Å². The van der Waals surface area contributed by atoms with Crippen LogP contribution in [0.2, 0.25) is 0 Å². The maximum Gasteiger partial charge on any atom is 0.318 e. The van der Waals surface area contributed by atoms with Crippen LogP contribution >= 0.6 is 11.3 Å². The van der Waals surface area contributed by atoms with Gasteiger partial charge in [-0.05, 0) is 31.2 Å². The zero-order chi connectivity index (χ0) is 20.9. The van der Waals surface area contributed by atoms with Crippen molar-refractivity contribution in [1.82, 2.24) is 24.8 Å². The molecule has 1 aromatic carbocycles. The average Bonchev–Trinajstić information content (AvgIpc) is 3.18. The van der Waals surface area contributed by atoms with Crippen molar-refractivity contribution in [3.8, 4) is 0 Å². The third kappa shape index (κ3) is 3.10. The van der Waals surface area contributed by atoms with Crippen LogP contribution in [0.3, 0.4) is 0 Å². The monoisotopic (exact) mass is 423 g/mol. The standard InChI is InChI=1S/C22H25N5O2S/c1-3-16-23-19-17(20(28)26(16)2)24-18(30-19)15-10-7-13-27(15)21(29)25-22(11-12-22)14-8-5-4-6-9-14/h4-6,8-9,15H,3,7,10-13H2,1-2H3,(H,25,29). The second kappa shape index (κ2) is 7.19. The Morgan fingerprint density at radius 1 is 1.27 bits per heavy atom. The van der Waals surface area contributed by atoms with Gasteiger partial charge >= 0.3 is 6.03 Å². The summed E-state index contributed by atoms with van der Waals surface area (Å²) in [4.78, 5) is 37.7. The summed E-state index contributed by atoms with van der Waals surface area (Å²) in [5, 5.41) is 4.09. The van der Waals surface area contributed by atoms with E-state index in [1.54, 1.807) is 11.6 Å². The first-order chi connectivity index (χ1) is 14.5. The van der Waals surface area contributed by atoms with E-state index in [1.807, 2.05) is 30.0 Å². The number of likely N-dealkylation sites (tertiary alicyclic amines) is 1. The van der Waals surface area contributed by atoms with Crippen molar-refractivity contribution in [1.29, 1.82) is 0 Å². The number of aromatic nitrogens is 3. The van der Waals surface area contributed by atoms with Gasteiger partial charge in [-0.1, -0.05) is 48.6 Å². The smallest absolute Gasteiger partial charge is 0.318 e. The highest BCUT2D eigenvalue weighted by atomic mass is 32.1. The fourth-order valence-electron chi connectivity index (χ4n) is 4.38. The number of benzene rings is 1. The zero-order valence-corrected chi connectivity index (χ0v) is 18.0. The first-order valence-electron chi connectivity index (χ1n) is 10.5. The van der Waals surface area contributed by atoms with Crippen LogP contribution in [0.4, 0.5) is 4.79 Å². The molecule has 1 N–H and O–H groups in total. The molecule has 3 heterocycles. The molecule has 5 rings (SSSR count). The lowest BCUT2D eigenvalue weighted by Crippen LogP contribution is -2.44. The third-order valence-corrected chi connectivity index (χ3v) is 7.34. The lowest BCUT2D eigenvalue weighted by atomic mass is 10.1. The molecule has 156 valence electrons. The van der Waals surface area contributed by atoms with Crippen molar-refractivity contribution in [2.75, 3.05) is 6.54 Å². The van der Waals surface area contributed by atoms with E-state index in [1.165, 1.54) is 11.3 Å². The van der Waals surface area contributed by atoms with Crippen LogP contribution in [-0.2, 0) is 19.0 Å². The van der Waals surface area contributed by atoms with E-state index in [9.17, 15) is 9.59 Å². The van der Waals surface area contributed by atoms with Crippen LogP contribution in [0.25, 0.3) is 10.3 Å². The van der Waals surface area contributed by atoms with Gasteiger partial charge in [-0.3, -0.25) is 9.36 Å². The van der Waals surface area contributed by atoms with Crippen molar-refractivity contribution in [3.05, 3.63) is 57.1 Å². The molecule has 2 aliphatic rings. The fourth-order valence-corrected chi connectivity index (χ4v) is 5.48. The Morgan fingerprint density at radius 2 is 2.03 bits per heavy atom. The van der Waals surface area contributed by atoms with Gasteiger partial charge in [0.05, 0.1) is 11.6 Å². The van der Waals surface area contributed by atoms with Crippen LogP contribution in [0.5, 0.6) is 0 Å². The topological polar surface area (TPSA) is 80.1 Å². The largest absolute Gasteiger partial charge is 0.328 e. The van der Waals surface area contributed by atoms with E-state index in [0.717, 1.165) is 42.1 Å². The SMILES string of the molecule is CCc1nc2sc(C3CCCN3C(=O)NC3(c4ccccc4)CC3)nc2c(=O)n1C. The molecule has 30 heavy (non-hydrogen) atoms. The number of carbonyl (C=O) groups is 1. The highest BCUT2D eigenvalue weighted by molar-refractivity contribution is 7.18. The summed E-state index contributed by atoms with van der Waals surface area (Å²) >= 11 is 1.44. The average molecular weight is 424 g/mol. The number of carbonyl (C=O) groups excluding carboxylic acids is 1. The lowest BCUT2D eigenvalue weighted by molar-refractivity contribution is 0.187. The first-order valence-corrected chi connectivity index (χ1v) is 11.3. The second-order valence-electron chi connectivity index (χ2n) is 8.18. The number of hydrogen-bond acceptors (Lipinski definition) is 5. The van der Waals surface area contributed by atoms with Crippen molar-refractivity contribution in [2.45, 2.75) is 50.6 Å². The molecule has 1 unspecified atom stereocenters. The molecule has 7 nitrogen and oxygen atoms in total. The Kier molecular flexibility index (Phi) is 4.61. The summed E-state index contributed by atoms with van der Waals surface area (Å²) in [6.07, 6.45) is 4.39. The molecule has 3 aromatic rings. The van der Waals surface area contributed by atoms with E-state index >= 15 is 0 Å². The molecular weight excluding hydrogens is 398 g/mol. The zero-order valence-electron chi connectivity index (χ0n) is 17.2. The second-order valence-corrected chi connectivity index (χ2v) is 9.19. The van der Waals surface area contributed by atoms with Gasteiger partial charge in [0.1, 0.15) is 10.8 Å². The summed E-state index contributed by atoms with van der Waals surface area (Å²) in [6.45, 7) is 2.68. The number of amides is 2. The minimum absolute atomic E-state index is 0.0479. The molecule has 1 aliphatic carbocycles. The fraction of sp³-hybridized carbons (Fsp3) is 0.455. The Bertz CT molecular complexity index is 1170. The molecular formula is C22H25N5O2S. The predicted octanol–water partition coefficient (Wildman–Crippen LogP) is 3.49. The molecule has 0 bridgehead atoms. The van der Waals surface area contributed by atoms with Crippen molar-refractivity contribution < 1.29 is 4.79 Å². The van der Waals surface area contributed by atoms with Gasteiger partial charge in [0.2, 0.25) is 0 Å². The Morgan fingerprint density at radius 3 is 2.73 bits per heavy atom. The normalized spacial score (nSPS) is 19.9. The van der Waals surface area contributed by atoms with Crippen LogP contribution in [0.15, 0.2) is 35.1 Å². The molecule has 0 spiro atoms. The number of rotatable bonds is 4. The summed E-state index contributed by atoms with van der Waals surface area (Å²) < 4.78 is 1.57. The molecule has 0 radical (unpaired) electrons. The van der Waals surface area contributed by atoms with E-state index in [4.69, 9.17) is 0 Å². The Balaban J connectivity index is 1.42.